The zero-order valence-corrected chi connectivity index (χ0v) is 27.4. The summed E-state index contributed by atoms with van der Waals surface area (Å²) in [7, 11) is 0. The van der Waals surface area contributed by atoms with E-state index >= 15 is 0 Å². The molecule has 1 aliphatic rings. The van der Waals surface area contributed by atoms with Crippen LogP contribution >= 0.6 is 0 Å². The van der Waals surface area contributed by atoms with Crippen LogP contribution in [0.4, 0.5) is 34.1 Å². The lowest BCUT2D eigenvalue weighted by molar-refractivity contribution is 0.661. The Morgan fingerprint density at radius 1 is 0.500 bits per heavy atom. The molecule has 0 aromatic heterocycles. The third-order valence-electron chi connectivity index (χ3n) is 9.72. The van der Waals surface area contributed by atoms with Crippen LogP contribution in [-0.2, 0) is 5.41 Å². The summed E-state index contributed by atoms with van der Waals surface area (Å²) in [5.74, 6) is 0. The maximum absolute atomic E-state index is 9.45. The zero-order valence-electron chi connectivity index (χ0n) is 27.4. The summed E-state index contributed by atoms with van der Waals surface area (Å²) in [6, 6.07) is 58.2. The van der Waals surface area contributed by atoms with Crippen molar-refractivity contribution in [1.82, 2.24) is 0 Å². The number of hydrogen-bond acceptors (Lipinski definition) is 3. The second-order valence-electron chi connectivity index (χ2n) is 13.1. The molecule has 0 heterocycles. The van der Waals surface area contributed by atoms with E-state index < -0.39 is 0 Å². The normalized spacial score (nSPS) is 12.6. The molecule has 0 radical (unpaired) electrons. The molecule has 0 amide bonds. The van der Waals surface area contributed by atoms with Crippen LogP contribution in [0.2, 0.25) is 0 Å². The van der Waals surface area contributed by atoms with E-state index in [9.17, 15) is 5.26 Å². The van der Waals surface area contributed by atoms with Gasteiger partial charge in [-0.1, -0.05) is 98.3 Å². The van der Waals surface area contributed by atoms with Crippen molar-refractivity contribution in [3.05, 3.63) is 180 Å². The van der Waals surface area contributed by atoms with E-state index in [2.05, 4.69) is 164 Å². The molecule has 0 N–H and O–H groups in total. The first kappa shape index (κ1) is 29.3. The second-order valence-corrected chi connectivity index (χ2v) is 13.1. The third kappa shape index (κ3) is 4.82. The molecule has 0 bridgehead atoms. The van der Waals surface area contributed by atoms with Gasteiger partial charge in [0.15, 0.2) is 0 Å². The van der Waals surface area contributed by atoms with Gasteiger partial charge in [-0.2, -0.15) is 5.26 Å². The van der Waals surface area contributed by atoms with E-state index in [4.69, 9.17) is 0 Å². The highest BCUT2D eigenvalue weighted by Gasteiger charge is 2.38. The quantitative estimate of drug-likeness (QED) is 0.186. The Balaban J connectivity index is 1.33. The molecule has 8 rings (SSSR count). The minimum absolute atomic E-state index is 0.262. The van der Waals surface area contributed by atoms with Gasteiger partial charge in [0.05, 0.1) is 17.3 Å². The van der Waals surface area contributed by atoms with Crippen LogP contribution in [0.25, 0.3) is 21.9 Å². The van der Waals surface area contributed by atoms with Crippen LogP contribution in [-0.4, -0.2) is 0 Å². The SMILES string of the molecule is Cc1ccc(N(c2ccccc2)c2cc3c(c4ccccc24)-c2ccc(N(c4ccccc4)c4ccc(C#N)cc4)cc2C3(C)C)cc1. The molecule has 0 aliphatic heterocycles. The lowest BCUT2D eigenvalue weighted by atomic mass is 9.81. The summed E-state index contributed by atoms with van der Waals surface area (Å²) in [6.45, 7) is 6.84. The lowest BCUT2D eigenvalue weighted by Crippen LogP contribution is -2.18. The Morgan fingerprint density at radius 2 is 1.02 bits per heavy atom. The summed E-state index contributed by atoms with van der Waals surface area (Å²) in [6.07, 6.45) is 0. The molecule has 3 nitrogen and oxygen atoms in total. The maximum atomic E-state index is 9.45. The van der Waals surface area contributed by atoms with E-state index in [1.165, 1.54) is 44.3 Å². The molecule has 1 aliphatic carbocycles. The summed E-state index contributed by atoms with van der Waals surface area (Å²) in [5.41, 5.74) is 13.4. The van der Waals surface area contributed by atoms with Crippen LogP contribution in [0.15, 0.2) is 158 Å². The highest BCUT2D eigenvalue weighted by atomic mass is 15.1. The van der Waals surface area contributed by atoms with E-state index in [1.807, 2.05) is 30.3 Å². The Bertz CT molecular complexity index is 2320. The highest BCUT2D eigenvalue weighted by molar-refractivity contribution is 6.10. The lowest BCUT2D eigenvalue weighted by Gasteiger charge is -2.30. The Morgan fingerprint density at radius 3 is 1.67 bits per heavy atom. The number of nitrogens with zero attached hydrogens (tertiary/aromatic N) is 3. The predicted molar refractivity (Wildman–Crippen MR) is 200 cm³/mol. The summed E-state index contributed by atoms with van der Waals surface area (Å²) >= 11 is 0. The number of aryl methyl sites for hydroxylation is 1. The van der Waals surface area contributed by atoms with E-state index in [0.717, 1.165) is 28.4 Å². The average Bonchev–Trinajstić information content (AvgIpc) is 3.36. The molecule has 3 heteroatoms. The van der Waals surface area contributed by atoms with Gasteiger partial charge in [0.2, 0.25) is 0 Å². The van der Waals surface area contributed by atoms with Crippen molar-refractivity contribution >= 4 is 44.9 Å². The molecular weight excluding hydrogens is 583 g/mol. The molecular formula is C45H35N3. The van der Waals surface area contributed by atoms with Crippen molar-refractivity contribution in [3.8, 4) is 17.2 Å². The van der Waals surface area contributed by atoms with Crippen molar-refractivity contribution in [2.45, 2.75) is 26.2 Å². The van der Waals surface area contributed by atoms with Crippen LogP contribution in [0.3, 0.4) is 0 Å². The fraction of sp³-hybridized carbons (Fsp3) is 0.0889. The van der Waals surface area contributed by atoms with Crippen molar-refractivity contribution < 1.29 is 0 Å². The smallest absolute Gasteiger partial charge is 0.0991 e. The number of benzene rings is 7. The molecule has 7 aromatic rings. The Hall–Kier alpha value is -6.11. The minimum atomic E-state index is -0.262. The first-order valence-corrected chi connectivity index (χ1v) is 16.4. The van der Waals surface area contributed by atoms with Gasteiger partial charge in [0.1, 0.15) is 0 Å². The van der Waals surface area contributed by atoms with Gasteiger partial charge in [-0.15, -0.1) is 0 Å². The molecule has 0 saturated carbocycles. The van der Waals surface area contributed by atoms with Gasteiger partial charge in [-0.05, 0) is 113 Å². The fourth-order valence-electron chi connectivity index (χ4n) is 7.28. The standard InChI is InChI=1S/C45H35N3/c1-31-18-22-36(23-19-31)48(34-14-8-5-9-15-34)43-29-42-44(39-17-11-10-16-38(39)43)40-27-26-37(28-41(40)45(42,2)3)47(33-12-6-4-7-13-33)35-24-20-32(30-46)21-25-35/h4-29H,1-3H3. The fourth-order valence-corrected chi connectivity index (χ4v) is 7.28. The maximum Gasteiger partial charge on any atom is 0.0991 e. The van der Waals surface area contributed by atoms with Crippen LogP contribution in [0, 0.1) is 18.3 Å². The largest absolute Gasteiger partial charge is 0.310 e. The van der Waals surface area contributed by atoms with Crippen LogP contribution < -0.4 is 9.80 Å². The molecule has 7 aromatic carbocycles. The second kappa shape index (κ2) is 11.6. The van der Waals surface area contributed by atoms with Crippen molar-refractivity contribution in [2.75, 3.05) is 9.80 Å². The average molecular weight is 618 g/mol. The highest BCUT2D eigenvalue weighted by Crippen LogP contribution is 2.55. The molecule has 230 valence electrons. The number of anilines is 6. The predicted octanol–water partition coefficient (Wildman–Crippen LogP) is 12.3. The first-order valence-electron chi connectivity index (χ1n) is 16.4. The van der Waals surface area contributed by atoms with E-state index in [1.54, 1.807) is 0 Å². The zero-order chi connectivity index (χ0) is 32.8. The van der Waals surface area contributed by atoms with Crippen molar-refractivity contribution in [1.29, 1.82) is 5.26 Å². The molecule has 0 spiro atoms. The van der Waals surface area contributed by atoms with Gasteiger partial charge in [0, 0.05) is 39.2 Å². The minimum Gasteiger partial charge on any atom is -0.310 e. The molecule has 0 unspecified atom stereocenters. The molecule has 0 atom stereocenters. The van der Waals surface area contributed by atoms with Crippen LogP contribution in [0.1, 0.15) is 36.1 Å². The third-order valence-corrected chi connectivity index (χ3v) is 9.72. The van der Waals surface area contributed by atoms with Gasteiger partial charge in [0.25, 0.3) is 0 Å². The van der Waals surface area contributed by atoms with Crippen LogP contribution in [0.5, 0.6) is 0 Å². The monoisotopic (exact) mass is 617 g/mol. The summed E-state index contributed by atoms with van der Waals surface area (Å²) in [4.78, 5) is 4.67. The number of rotatable bonds is 6. The summed E-state index contributed by atoms with van der Waals surface area (Å²) < 4.78 is 0. The van der Waals surface area contributed by atoms with E-state index in [-0.39, 0.29) is 5.41 Å². The van der Waals surface area contributed by atoms with Gasteiger partial charge >= 0.3 is 0 Å². The molecule has 0 fully saturated rings. The van der Waals surface area contributed by atoms with Crippen molar-refractivity contribution in [3.63, 3.8) is 0 Å². The number of nitriles is 1. The Kier molecular flexibility index (Phi) is 7.08. The van der Waals surface area contributed by atoms with Crippen molar-refractivity contribution in [2.24, 2.45) is 0 Å². The number of fused-ring (bicyclic) bond motifs is 5. The van der Waals surface area contributed by atoms with E-state index in [0.29, 0.717) is 5.56 Å². The van der Waals surface area contributed by atoms with Gasteiger partial charge in [-0.25, -0.2) is 0 Å². The Labute approximate surface area is 282 Å². The molecule has 0 saturated heterocycles. The number of para-hydroxylation sites is 2. The number of hydrogen-bond donors (Lipinski definition) is 0. The topological polar surface area (TPSA) is 30.3 Å². The first-order chi connectivity index (χ1) is 23.4. The van der Waals surface area contributed by atoms with Gasteiger partial charge < -0.3 is 9.80 Å². The summed E-state index contributed by atoms with van der Waals surface area (Å²) in [5, 5.41) is 11.9. The van der Waals surface area contributed by atoms with Gasteiger partial charge in [-0.3, -0.25) is 0 Å². The molecule has 48 heavy (non-hydrogen) atoms.